The highest BCUT2D eigenvalue weighted by atomic mass is 17.1. The number of aliphatic hydroxyl groups is 2. The average molecular weight is 136 g/mol. The molecule has 1 unspecified atom stereocenters. The van der Waals surface area contributed by atoms with Crippen LogP contribution >= 0.6 is 0 Å². The quantitative estimate of drug-likeness (QED) is 0.333. The van der Waals surface area contributed by atoms with Crippen LogP contribution in [0.5, 0.6) is 0 Å². The van der Waals surface area contributed by atoms with E-state index in [2.05, 4.69) is 4.89 Å². The van der Waals surface area contributed by atoms with E-state index in [0.717, 1.165) is 0 Å². The lowest BCUT2D eigenvalue weighted by molar-refractivity contribution is -0.242. The minimum absolute atomic E-state index is 0.126. The van der Waals surface area contributed by atoms with Crippen LogP contribution in [0.3, 0.4) is 0 Å². The molecule has 9 heavy (non-hydrogen) atoms. The first kappa shape index (κ1) is 8.35. The number of hydrogen-bond acceptors (Lipinski definition) is 5. The van der Waals surface area contributed by atoms with Gasteiger partial charge in [-0.3, -0.25) is 4.89 Å². The van der Waals surface area contributed by atoms with Gasteiger partial charge >= 0.3 is 5.97 Å². The van der Waals surface area contributed by atoms with Crippen molar-refractivity contribution in [3.05, 3.63) is 0 Å². The van der Waals surface area contributed by atoms with Crippen molar-refractivity contribution in [1.29, 1.82) is 0 Å². The molecule has 0 saturated carbocycles. The molecule has 0 aromatic carbocycles. The predicted octanol–water partition coefficient (Wildman–Crippen LogP) is -1.25. The largest absolute Gasteiger partial charge is 0.396 e. The van der Waals surface area contributed by atoms with Crippen LogP contribution in [-0.4, -0.2) is 34.2 Å². The van der Waals surface area contributed by atoms with Gasteiger partial charge in [-0.05, 0) is 0 Å². The standard InChI is InChI=1S/C4H8O5/c5-2-1-3(6)4(7)9-8/h3,5-6,8H,1-2H2. The van der Waals surface area contributed by atoms with E-state index in [1.54, 1.807) is 0 Å². The summed E-state index contributed by atoms with van der Waals surface area (Å²) in [6.45, 7) is -0.323. The minimum Gasteiger partial charge on any atom is -0.396 e. The smallest absolute Gasteiger partial charge is 0.370 e. The topological polar surface area (TPSA) is 87.0 Å². The lowest BCUT2D eigenvalue weighted by atomic mass is 10.3. The van der Waals surface area contributed by atoms with Crippen molar-refractivity contribution >= 4 is 5.97 Å². The molecule has 5 heteroatoms. The molecule has 0 heterocycles. The number of hydrogen-bond donors (Lipinski definition) is 3. The van der Waals surface area contributed by atoms with Crippen molar-refractivity contribution in [3.8, 4) is 0 Å². The highest BCUT2D eigenvalue weighted by Gasteiger charge is 2.14. The summed E-state index contributed by atoms with van der Waals surface area (Å²) in [5.74, 6) is -1.15. The summed E-state index contributed by atoms with van der Waals surface area (Å²) in [4.78, 5) is 13.2. The zero-order chi connectivity index (χ0) is 7.28. The first-order chi connectivity index (χ1) is 4.22. The fraction of sp³-hybridized carbons (Fsp3) is 0.750. The van der Waals surface area contributed by atoms with Gasteiger partial charge in [-0.25, -0.2) is 4.79 Å². The number of carbonyl (C=O) groups is 1. The predicted molar refractivity (Wildman–Crippen MR) is 26.4 cm³/mol. The van der Waals surface area contributed by atoms with Gasteiger partial charge in [0.05, 0.1) is 0 Å². The van der Waals surface area contributed by atoms with Gasteiger partial charge in [0.15, 0.2) is 6.10 Å². The summed E-state index contributed by atoms with van der Waals surface area (Å²) in [5.41, 5.74) is 0. The van der Waals surface area contributed by atoms with Gasteiger partial charge in [0.25, 0.3) is 0 Å². The molecule has 5 nitrogen and oxygen atoms in total. The minimum atomic E-state index is -1.43. The van der Waals surface area contributed by atoms with E-state index in [1.165, 1.54) is 0 Å². The summed E-state index contributed by atoms with van der Waals surface area (Å²) in [6.07, 6.45) is -1.56. The van der Waals surface area contributed by atoms with E-state index < -0.39 is 12.1 Å². The molecule has 0 aliphatic carbocycles. The van der Waals surface area contributed by atoms with Gasteiger partial charge in [0.2, 0.25) is 0 Å². The Morgan fingerprint density at radius 3 is 2.56 bits per heavy atom. The number of carbonyl (C=O) groups excluding carboxylic acids is 1. The Balaban J connectivity index is 3.45. The maximum absolute atomic E-state index is 10.1. The molecule has 0 saturated heterocycles. The molecule has 0 fully saturated rings. The summed E-state index contributed by atoms with van der Waals surface area (Å²) in [7, 11) is 0. The van der Waals surface area contributed by atoms with E-state index in [1.807, 2.05) is 0 Å². The second kappa shape index (κ2) is 4.25. The second-order valence-electron chi connectivity index (χ2n) is 1.44. The molecule has 0 rings (SSSR count). The molecule has 0 amide bonds. The van der Waals surface area contributed by atoms with Crippen molar-refractivity contribution in [1.82, 2.24) is 0 Å². The molecule has 0 radical (unpaired) electrons. The summed E-state index contributed by atoms with van der Waals surface area (Å²) in [5, 5.41) is 24.3. The zero-order valence-corrected chi connectivity index (χ0v) is 4.65. The van der Waals surface area contributed by atoms with Crippen LogP contribution < -0.4 is 0 Å². The van der Waals surface area contributed by atoms with E-state index in [4.69, 9.17) is 15.5 Å². The highest BCUT2D eigenvalue weighted by molar-refractivity contribution is 5.73. The Labute approximate surface area is 51.4 Å². The zero-order valence-electron chi connectivity index (χ0n) is 4.65. The fourth-order valence-electron chi connectivity index (χ4n) is 0.301. The van der Waals surface area contributed by atoms with Crippen LogP contribution in [0.25, 0.3) is 0 Å². The van der Waals surface area contributed by atoms with E-state index >= 15 is 0 Å². The Bertz CT molecular complexity index is 91.0. The second-order valence-corrected chi connectivity index (χ2v) is 1.44. The molecule has 3 N–H and O–H groups in total. The third-order valence-electron chi connectivity index (χ3n) is 0.765. The summed E-state index contributed by atoms with van der Waals surface area (Å²) < 4.78 is 0. The van der Waals surface area contributed by atoms with Crippen LogP contribution in [0.4, 0.5) is 0 Å². The van der Waals surface area contributed by atoms with Crippen LogP contribution in [0.15, 0.2) is 0 Å². The van der Waals surface area contributed by atoms with Gasteiger partial charge < -0.3 is 10.2 Å². The average Bonchev–Trinajstić information content (AvgIpc) is 1.87. The maximum Gasteiger partial charge on any atom is 0.370 e. The molecule has 54 valence electrons. The SMILES string of the molecule is O=C(OO)C(O)CCO. The third-order valence-corrected chi connectivity index (χ3v) is 0.765. The maximum atomic E-state index is 10.1. The first-order valence-corrected chi connectivity index (χ1v) is 2.36. The van der Waals surface area contributed by atoms with E-state index in [0.29, 0.717) is 0 Å². The Morgan fingerprint density at radius 1 is 1.67 bits per heavy atom. The van der Waals surface area contributed by atoms with Crippen molar-refractivity contribution < 1.29 is 25.2 Å². The molecular formula is C4H8O5. The van der Waals surface area contributed by atoms with E-state index in [9.17, 15) is 4.79 Å². The van der Waals surface area contributed by atoms with Crippen LogP contribution in [-0.2, 0) is 9.68 Å². The number of rotatable bonds is 3. The Hall–Kier alpha value is -0.650. The normalized spacial score (nSPS) is 12.8. The van der Waals surface area contributed by atoms with Crippen molar-refractivity contribution in [3.63, 3.8) is 0 Å². The van der Waals surface area contributed by atoms with Crippen LogP contribution in [0, 0.1) is 0 Å². The number of aliphatic hydroxyl groups excluding tert-OH is 2. The lowest BCUT2D eigenvalue weighted by Gasteiger charge is -2.01. The molecule has 0 bridgehead atoms. The van der Waals surface area contributed by atoms with Crippen molar-refractivity contribution in [2.45, 2.75) is 12.5 Å². The monoisotopic (exact) mass is 136 g/mol. The molecule has 0 aliphatic heterocycles. The van der Waals surface area contributed by atoms with Gasteiger partial charge in [0.1, 0.15) is 0 Å². The Kier molecular flexibility index (Phi) is 3.94. The van der Waals surface area contributed by atoms with Gasteiger partial charge in [-0.1, -0.05) is 0 Å². The van der Waals surface area contributed by atoms with Crippen molar-refractivity contribution in [2.24, 2.45) is 0 Å². The van der Waals surface area contributed by atoms with Crippen LogP contribution in [0.1, 0.15) is 6.42 Å². The van der Waals surface area contributed by atoms with Gasteiger partial charge in [0, 0.05) is 13.0 Å². The summed E-state index contributed by atoms with van der Waals surface area (Å²) in [6, 6.07) is 0. The molecule has 0 aromatic heterocycles. The molecule has 0 aliphatic rings. The van der Waals surface area contributed by atoms with Gasteiger partial charge in [-0.2, -0.15) is 5.26 Å². The van der Waals surface area contributed by atoms with Crippen LogP contribution in [0.2, 0.25) is 0 Å². The van der Waals surface area contributed by atoms with Gasteiger partial charge in [-0.15, -0.1) is 0 Å². The van der Waals surface area contributed by atoms with E-state index in [-0.39, 0.29) is 13.0 Å². The molecular weight excluding hydrogens is 128 g/mol. The molecule has 0 aromatic rings. The first-order valence-electron chi connectivity index (χ1n) is 2.36. The molecule has 0 spiro atoms. The molecule has 1 atom stereocenters. The lowest BCUT2D eigenvalue weighted by Crippen LogP contribution is -2.22. The summed E-state index contributed by atoms with van der Waals surface area (Å²) >= 11 is 0. The highest BCUT2D eigenvalue weighted by Crippen LogP contribution is 1.91. The fourth-order valence-corrected chi connectivity index (χ4v) is 0.301. The van der Waals surface area contributed by atoms with Crippen molar-refractivity contribution in [2.75, 3.05) is 6.61 Å². The third kappa shape index (κ3) is 3.02. The Morgan fingerprint density at radius 2 is 2.22 bits per heavy atom.